The Morgan fingerprint density at radius 1 is 1.45 bits per heavy atom. The van der Waals surface area contributed by atoms with Crippen molar-refractivity contribution in [3.8, 4) is 0 Å². The molecule has 1 saturated heterocycles. The molecule has 1 aliphatic rings. The summed E-state index contributed by atoms with van der Waals surface area (Å²) >= 11 is 0. The maximum Gasteiger partial charge on any atom is 0.242 e. The van der Waals surface area contributed by atoms with Crippen molar-refractivity contribution in [1.82, 2.24) is 4.90 Å². The van der Waals surface area contributed by atoms with Gasteiger partial charge in [0.25, 0.3) is 0 Å². The fraction of sp³-hybridized carbons (Fsp3) is 0.533. The molecule has 1 N–H and O–H groups in total. The minimum absolute atomic E-state index is 0.0470. The molecule has 0 spiro atoms. The van der Waals surface area contributed by atoms with Gasteiger partial charge in [-0.15, -0.1) is 0 Å². The fourth-order valence-electron chi connectivity index (χ4n) is 2.63. The van der Waals surface area contributed by atoms with Gasteiger partial charge in [-0.2, -0.15) is 0 Å². The van der Waals surface area contributed by atoms with Crippen molar-refractivity contribution < 1.29 is 14.3 Å². The van der Waals surface area contributed by atoms with Crippen LogP contribution in [0.25, 0.3) is 0 Å². The Bertz CT molecular complexity index is 485. The Hall–Kier alpha value is -1.62. The van der Waals surface area contributed by atoms with Crippen molar-refractivity contribution in [2.24, 2.45) is 0 Å². The smallest absolute Gasteiger partial charge is 0.242 e. The highest BCUT2D eigenvalue weighted by atomic mass is 19.1. The highest BCUT2D eigenvalue weighted by Gasteiger charge is 2.22. The van der Waals surface area contributed by atoms with Crippen LogP contribution in [0.5, 0.6) is 0 Å². The number of likely N-dealkylation sites (N-methyl/N-ethyl adjacent to an activating group) is 1. The van der Waals surface area contributed by atoms with Gasteiger partial charge in [0.05, 0.1) is 12.6 Å². The lowest BCUT2D eigenvalue weighted by atomic mass is 10.1. The van der Waals surface area contributed by atoms with Crippen LogP contribution in [0.15, 0.2) is 18.2 Å². The van der Waals surface area contributed by atoms with Crippen molar-refractivity contribution in [3.05, 3.63) is 29.6 Å². The normalized spacial score (nSPS) is 16.3. The van der Waals surface area contributed by atoms with Gasteiger partial charge in [0.1, 0.15) is 5.82 Å². The van der Waals surface area contributed by atoms with Gasteiger partial charge in [0.2, 0.25) is 5.91 Å². The molecule has 1 aromatic rings. The molecule has 0 aliphatic carbocycles. The number of halogens is 1. The zero-order valence-corrected chi connectivity index (χ0v) is 12.0. The lowest BCUT2D eigenvalue weighted by molar-refractivity contribution is -0.128. The molecule has 0 saturated carbocycles. The molecule has 110 valence electrons. The topological polar surface area (TPSA) is 43.8 Å². The number of hydrogen-bond acceptors (Lipinski definition) is 3. The molecular weight excluding hydrogens is 259 g/mol. The van der Waals surface area contributed by atoms with E-state index in [4.69, 9.17) is 0 Å². The first-order valence-corrected chi connectivity index (χ1v) is 6.96. The monoisotopic (exact) mass is 280 g/mol. The van der Waals surface area contributed by atoms with E-state index >= 15 is 0 Å². The molecule has 1 aliphatic heterocycles. The number of nitrogens with zero attached hydrogens (tertiary/aromatic N) is 2. The van der Waals surface area contributed by atoms with Gasteiger partial charge in [0, 0.05) is 31.4 Å². The van der Waals surface area contributed by atoms with Gasteiger partial charge in [-0.3, -0.25) is 4.79 Å². The van der Waals surface area contributed by atoms with E-state index in [-0.39, 0.29) is 18.0 Å². The Labute approximate surface area is 118 Å². The van der Waals surface area contributed by atoms with Gasteiger partial charge < -0.3 is 14.9 Å². The van der Waals surface area contributed by atoms with E-state index in [0.29, 0.717) is 5.69 Å². The maximum absolute atomic E-state index is 13.8. The first-order valence-electron chi connectivity index (χ1n) is 6.96. The first kappa shape index (κ1) is 14.8. The van der Waals surface area contributed by atoms with E-state index < -0.39 is 11.9 Å². The molecule has 0 unspecified atom stereocenters. The van der Waals surface area contributed by atoms with Gasteiger partial charge in [-0.05, 0) is 31.9 Å². The minimum Gasteiger partial charge on any atom is -0.389 e. The third-order valence-electron chi connectivity index (χ3n) is 3.69. The second-order valence-electron chi connectivity index (χ2n) is 5.29. The van der Waals surface area contributed by atoms with Crippen LogP contribution in [0.2, 0.25) is 0 Å². The summed E-state index contributed by atoms with van der Waals surface area (Å²) in [5.41, 5.74) is 0.803. The maximum atomic E-state index is 13.8. The minimum atomic E-state index is -0.907. The van der Waals surface area contributed by atoms with E-state index in [9.17, 15) is 14.3 Å². The number of carbonyl (C=O) groups excluding carboxylic acids is 1. The molecule has 5 heteroatoms. The lowest BCUT2D eigenvalue weighted by Crippen LogP contribution is -2.37. The molecule has 0 radical (unpaired) electrons. The van der Waals surface area contributed by atoms with Gasteiger partial charge in [-0.1, -0.05) is 6.07 Å². The van der Waals surface area contributed by atoms with Crippen molar-refractivity contribution >= 4 is 11.6 Å². The summed E-state index contributed by atoms with van der Waals surface area (Å²) in [4.78, 5) is 15.7. The SMILES string of the molecule is C[C@H](O)c1c(F)cccc1N(C)CC(=O)N1CCCC1. The molecular formula is C15H21FN2O2. The Kier molecular flexibility index (Phi) is 4.60. The number of amides is 1. The van der Waals surface area contributed by atoms with Crippen LogP contribution >= 0.6 is 0 Å². The van der Waals surface area contributed by atoms with E-state index in [1.807, 2.05) is 4.90 Å². The van der Waals surface area contributed by atoms with Crippen LogP contribution in [0.1, 0.15) is 31.4 Å². The molecule has 0 bridgehead atoms. The molecule has 1 amide bonds. The Morgan fingerprint density at radius 2 is 2.10 bits per heavy atom. The second-order valence-corrected chi connectivity index (χ2v) is 5.29. The molecule has 1 fully saturated rings. The number of rotatable bonds is 4. The predicted molar refractivity (Wildman–Crippen MR) is 76.1 cm³/mol. The fourth-order valence-corrected chi connectivity index (χ4v) is 2.63. The Morgan fingerprint density at radius 3 is 2.70 bits per heavy atom. The zero-order chi connectivity index (χ0) is 14.7. The van der Waals surface area contributed by atoms with Gasteiger partial charge in [0.15, 0.2) is 0 Å². The number of anilines is 1. The predicted octanol–water partition coefficient (Wildman–Crippen LogP) is 1.94. The van der Waals surface area contributed by atoms with E-state index in [2.05, 4.69) is 0 Å². The standard InChI is InChI=1S/C15H21FN2O2/c1-11(19)15-12(16)6-5-7-13(15)17(2)10-14(20)18-8-3-4-9-18/h5-7,11,19H,3-4,8-10H2,1-2H3/t11-/m0/s1. The molecule has 4 nitrogen and oxygen atoms in total. The van der Waals surface area contributed by atoms with Gasteiger partial charge >= 0.3 is 0 Å². The number of carbonyl (C=O) groups is 1. The number of benzene rings is 1. The summed E-state index contributed by atoms with van der Waals surface area (Å²) in [6.07, 6.45) is 1.19. The lowest BCUT2D eigenvalue weighted by Gasteiger charge is -2.25. The van der Waals surface area contributed by atoms with E-state index in [1.165, 1.54) is 13.0 Å². The number of aliphatic hydroxyl groups is 1. The van der Waals surface area contributed by atoms with Crippen LogP contribution in [0.3, 0.4) is 0 Å². The molecule has 1 aromatic carbocycles. The number of likely N-dealkylation sites (tertiary alicyclic amines) is 1. The van der Waals surface area contributed by atoms with Crippen molar-refractivity contribution in [2.45, 2.75) is 25.9 Å². The third-order valence-corrected chi connectivity index (χ3v) is 3.69. The first-order chi connectivity index (χ1) is 9.50. The van der Waals surface area contributed by atoms with Crippen LogP contribution in [-0.4, -0.2) is 42.6 Å². The molecule has 1 heterocycles. The van der Waals surface area contributed by atoms with Crippen LogP contribution in [0, 0.1) is 5.82 Å². The summed E-state index contributed by atoms with van der Waals surface area (Å²) < 4.78 is 13.8. The molecule has 1 atom stereocenters. The van der Waals surface area contributed by atoms with Crippen molar-refractivity contribution in [3.63, 3.8) is 0 Å². The summed E-state index contributed by atoms with van der Waals surface area (Å²) in [5, 5.41) is 9.72. The molecule has 20 heavy (non-hydrogen) atoms. The molecule has 0 aromatic heterocycles. The highest BCUT2D eigenvalue weighted by molar-refractivity contribution is 5.82. The second kappa shape index (κ2) is 6.22. The summed E-state index contributed by atoms with van der Waals surface area (Å²) in [6, 6.07) is 4.64. The van der Waals surface area contributed by atoms with Crippen LogP contribution < -0.4 is 4.90 Å². The third kappa shape index (κ3) is 3.10. The van der Waals surface area contributed by atoms with Crippen LogP contribution in [0.4, 0.5) is 10.1 Å². The van der Waals surface area contributed by atoms with E-state index in [0.717, 1.165) is 25.9 Å². The summed E-state index contributed by atoms with van der Waals surface area (Å²) in [6.45, 7) is 3.33. The van der Waals surface area contributed by atoms with Crippen LogP contribution in [-0.2, 0) is 4.79 Å². The van der Waals surface area contributed by atoms with Crippen molar-refractivity contribution in [2.75, 3.05) is 31.6 Å². The highest BCUT2D eigenvalue weighted by Crippen LogP contribution is 2.28. The number of aliphatic hydroxyl groups excluding tert-OH is 1. The number of hydrogen-bond donors (Lipinski definition) is 1. The quantitative estimate of drug-likeness (QED) is 0.916. The Balaban J connectivity index is 2.14. The molecule has 2 rings (SSSR count). The van der Waals surface area contributed by atoms with E-state index in [1.54, 1.807) is 24.1 Å². The largest absolute Gasteiger partial charge is 0.389 e. The zero-order valence-electron chi connectivity index (χ0n) is 12.0. The van der Waals surface area contributed by atoms with Crippen molar-refractivity contribution in [1.29, 1.82) is 0 Å². The average molecular weight is 280 g/mol. The summed E-state index contributed by atoms with van der Waals surface area (Å²) in [5.74, 6) is -0.399. The van der Waals surface area contributed by atoms with Gasteiger partial charge in [-0.25, -0.2) is 4.39 Å². The average Bonchev–Trinajstić information content (AvgIpc) is 2.91. The summed E-state index contributed by atoms with van der Waals surface area (Å²) in [7, 11) is 1.74.